The minimum absolute atomic E-state index is 0.213. The number of amides is 2. The first-order valence-corrected chi connectivity index (χ1v) is 13.0. The average molecular weight is 563 g/mol. The molecule has 41 heavy (non-hydrogen) atoms. The molecule has 0 aliphatic carbocycles. The molecule has 13 nitrogen and oxygen atoms in total. The zero-order chi connectivity index (χ0) is 29.5. The van der Waals surface area contributed by atoms with Crippen LogP contribution in [0.4, 0.5) is 21.2 Å². The summed E-state index contributed by atoms with van der Waals surface area (Å²) < 4.78 is 13.8. The average Bonchev–Trinajstić information content (AvgIpc) is 3.44. The van der Waals surface area contributed by atoms with Crippen LogP contribution in [0.15, 0.2) is 60.7 Å². The quantitative estimate of drug-likeness (QED) is 0.330. The molecule has 0 atom stereocenters. The molecule has 2 amide bonds. The van der Waals surface area contributed by atoms with Gasteiger partial charge in [0.2, 0.25) is 5.88 Å². The van der Waals surface area contributed by atoms with E-state index in [1.807, 2.05) is 67.6 Å². The summed E-state index contributed by atoms with van der Waals surface area (Å²) in [4.78, 5) is 25.7. The first-order valence-electron chi connectivity index (χ1n) is 13.0. The number of aromatic nitrogens is 4. The van der Waals surface area contributed by atoms with Crippen LogP contribution in [0.5, 0.6) is 5.88 Å². The molecule has 1 aliphatic heterocycles. The summed E-state index contributed by atoms with van der Waals surface area (Å²) in [7, 11) is 1.50. The van der Waals surface area contributed by atoms with E-state index in [1.54, 1.807) is 21.2 Å². The highest BCUT2D eigenvalue weighted by Gasteiger charge is 2.23. The molecule has 0 unspecified atom stereocenters. The molecule has 1 saturated heterocycles. The molecule has 1 aliphatic rings. The monoisotopic (exact) mass is 562 g/mol. The van der Waals surface area contributed by atoms with Crippen LogP contribution >= 0.6 is 0 Å². The number of hydrogen-bond acceptors (Lipinski definition) is 8. The van der Waals surface area contributed by atoms with Gasteiger partial charge in [0.25, 0.3) is 0 Å². The molecular formula is C28H34N8O5. The smallest absolute Gasteiger partial charge is 0.416 e. The van der Waals surface area contributed by atoms with Gasteiger partial charge in [-0.1, -0.05) is 36.4 Å². The number of carbonyl (C=O) groups is 2. The number of anilines is 2. The number of morpholine rings is 1. The summed E-state index contributed by atoms with van der Waals surface area (Å²) in [6, 6.07) is 19.0. The lowest BCUT2D eigenvalue weighted by Gasteiger charge is -2.25. The van der Waals surface area contributed by atoms with E-state index in [0.29, 0.717) is 49.2 Å². The van der Waals surface area contributed by atoms with Gasteiger partial charge >= 0.3 is 12.2 Å². The van der Waals surface area contributed by atoms with Gasteiger partial charge in [0.15, 0.2) is 0 Å². The third-order valence-corrected chi connectivity index (χ3v) is 6.56. The second-order valence-electron chi connectivity index (χ2n) is 9.37. The number of nitrogens with zero attached hydrogens (tertiary/aromatic N) is 6. The van der Waals surface area contributed by atoms with Crippen molar-refractivity contribution in [3.63, 3.8) is 0 Å². The molecule has 216 valence electrons. The molecule has 0 saturated carbocycles. The highest BCUT2D eigenvalue weighted by atomic mass is 16.6. The van der Waals surface area contributed by atoms with Crippen molar-refractivity contribution in [1.29, 1.82) is 0 Å². The van der Waals surface area contributed by atoms with Gasteiger partial charge in [-0.2, -0.15) is 5.10 Å². The van der Waals surface area contributed by atoms with E-state index in [4.69, 9.17) is 26.0 Å². The van der Waals surface area contributed by atoms with Crippen LogP contribution < -0.4 is 16.2 Å². The lowest BCUT2D eigenvalue weighted by molar-refractivity contribution is 0.0411. The van der Waals surface area contributed by atoms with Crippen LogP contribution in [-0.4, -0.2) is 80.0 Å². The lowest BCUT2D eigenvalue weighted by Crippen LogP contribution is -2.42. The number of carboxylic acid groups (broad SMARTS) is 1. The number of carbonyl (C=O) groups excluding carboxylic acids is 1. The van der Waals surface area contributed by atoms with E-state index in [0.717, 1.165) is 16.9 Å². The molecular weight excluding hydrogens is 528 g/mol. The summed E-state index contributed by atoms with van der Waals surface area (Å²) in [5.74, 6) is 1.22. The van der Waals surface area contributed by atoms with Crippen molar-refractivity contribution < 1.29 is 24.2 Å². The molecule has 2 aromatic carbocycles. The van der Waals surface area contributed by atoms with Gasteiger partial charge < -0.3 is 35.8 Å². The fourth-order valence-electron chi connectivity index (χ4n) is 4.01. The summed E-state index contributed by atoms with van der Waals surface area (Å²) in [6.45, 7) is 5.92. The van der Waals surface area contributed by atoms with Gasteiger partial charge in [0, 0.05) is 25.7 Å². The van der Waals surface area contributed by atoms with Crippen LogP contribution in [0, 0.1) is 13.8 Å². The minimum atomic E-state index is -0.993. The fourth-order valence-corrected chi connectivity index (χ4v) is 4.01. The van der Waals surface area contributed by atoms with E-state index in [1.165, 1.54) is 11.9 Å². The Bertz CT molecular complexity index is 1480. The summed E-state index contributed by atoms with van der Waals surface area (Å²) in [6.07, 6.45) is -1.42. The minimum Gasteiger partial charge on any atom is -0.465 e. The normalized spacial score (nSPS) is 12.8. The number of para-hydroxylation sites is 2. The van der Waals surface area contributed by atoms with Crippen molar-refractivity contribution >= 4 is 23.8 Å². The maximum Gasteiger partial charge on any atom is 0.416 e. The molecule has 5 rings (SSSR count). The Morgan fingerprint density at radius 3 is 1.95 bits per heavy atom. The maximum atomic E-state index is 12.1. The highest BCUT2D eigenvalue weighted by molar-refractivity contribution is 5.71. The van der Waals surface area contributed by atoms with E-state index < -0.39 is 12.2 Å². The number of hydrogen-bond donors (Lipinski definition) is 3. The Balaban J connectivity index is 0.000000191. The van der Waals surface area contributed by atoms with Crippen molar-refractivity contribution in [2.75, 3.05) is 44.8 Å². The zero-order valence-electron chi connectivity index (χ0n) is 23.2. The number of rotatable bonds is 5. The van der Waals surface area contributed by atoms with Gasteiger partial charge in [0.1, 0.15) is 11.6 Å². The number of benzene rings is 2. The van der Waals surface area contributed by atoms with Crippen molar-refractivity contribution in [2.24, 2.45) is 0 Å². The number of nitrogen functional groups attached to an aromatic ring is 2. The molecule has 0 bridgehead atoms. The number of nitrogens with two attached hydrogens (primary N) is 2. The van der Waals surface area contributed by atoms with Gasteiger partial charge in [-0.15, -0.1) is 5.10 Å². The number of ether oxygens (including phenoxy) is 2. The molecule has 0 radical (unpaired) electrons. The van der Waals surface area contributed by atoms with Gasteiger partial charge in [0.05, 0.1) is 42.4 Å². The summed E-state index contributed by atoms with van der Waals surface area (Å²) >= 11 is 0. The standard InChI is InChI=1S/C15H18N4O3.C13H16N4O2/c1-11-13(16)19(12-5-3-2-4-6-12)17-14(11)22-15(20)18-7-9-21-10-8-18;1-9-11(8-16(2)13(18)19)15-17(12(9)14)10-6-4-3-5-7-10/h2-6H,7-10,16H2,1H3;3-7H,8,14H2,1-2H3,(H,18,19). The van der Waals surface area contributed by atoms with Gasteiger partial charge in [-0.05, 0) is 38.1 Å². The predicted octanol–water partition coefficient (Wildman–Crippen LogP) is 3.47. The fraction of sp³-hybridized carbons (Fsp3) is 0.286. The first-order chi connectivity index (χ1) is 19.7. The third-order valence-electron chi connectivity index (χ3n) is 6.56. The molecule has 2 aromatic heterocycles. The summed E-state index contributed by atoms with van der Waals surface area (Å²) in [5.41, 5.74) is 15.9. The van der Waals surface area contributed by atoms with Crippen molar-refractivity contribution in [1.82, 2.24) is 29.4 Å². The van der Waals surface area contributed by atoms with Crippen LogP contribution in [0.1, 0.15) is 16.8 Å². The Hall–Kier alpha value is -5.04. The largest absolute Gasteiger partial charge is 0.465 e. The molecule has 1 fully saturated rings. The third kappa shape index (κ3) is 6.76. The molecule has 4 aromatic rings. The Morgan fingerprint density at radius 2 is 1.41 bits per heavy atom. The van der Waals surface area contributed by atoms with Crippen molar-refractivity contribution in [3.8, 4) is 17.3 Å². The predicted molar refractivity (Wildman–Crippen MR) is 153 cm³/mol. The van der Waals surface area contributed by atoms with Crippen molar-refractivity contribution in [3.05, 3.63) is 77.5 Å². The van der Waals surface area contributed by atoms with Gasteiger partial charge in [-0.3, -0.25) is 0 Å². The Kier molecular flexibility index (Phi) is 9.09. The second kappa shape index (κ2) is 12.9. The Labute approximate surface area is 237 Å². The van der Waals surface area contributed by atoms with Crippen LogP contribution in [0.2, 0.25) is 0 Å². The van der Waals surface area contributed by atoms with Gasteiger partial charge in [-0.25, -0.2) is 19.0 Å². The zero-order valence-corrected chi connectivity index (χ0v) is 23.2. The molecule has 0 spiro atoms. The summed E-state index contributed by atoms with van der Waals surface area (Å²) in [5, 5.41) is 17.6. The molecule has 5 N–H and O–H groups in total. The highest BCUT2D eigenvalue weighted by Crippen LogP contribution is 2.26. The molecule has 3 heterocycles. The topological polar surface area (TPSA) is 167 Å². The van der Waals surface area contributed by atoms with Crippen LogP contribution in [0.3, 0.4) is 0 Å². The first kappa shape index (κ1) is 29.0. The maximum absolute atomic E-state index is 12.1. The van der Waals surface area contributed by atoms with E-state index in [-0.39, 0.29) is 12.4 Å². The SMILES string of the molecule is Cc1c(CN(C)C(=O)O)nn(-c2ccccc2)c1N.Cc1c(OC(=O)N2CCOCC2)nn(-c2ccccc2)c1N. The van der Waals surface area contributed by atoms with E-state index in [9.17, 15) is 9.59 Å². The Morgan fingerprint density at radius 1 is 0.902 bits per heavy atom. The van der Waals surface area contributed by atoms with E-state index >= 15 is 0 Å². The van der Waals surface area contributed by atoms with Crippen LogP contribution in [0.25, 0.3) is 11.4 Å². The van der Waals surface area contributed by atoms with E-state index in [2.05, 4.69) is 10.2 Å². The lowest BCUT2D eigenvalue weighted by atomic mass is 10.2. The van der Waals surface area contributed by atoms with Crippen molar-refractivity contribution in [2.45, 2.75) is 20.4 Å². The van der Waals surface area contributed by atoms with Crippen LogP contribution in [-0.2, 0) is 11.3 Å². The molecule has 13 heteroatoms. The second-order valence-corrected chi connectivity index (χ2v) is 9.37.